The average Bonchev–Trinajstić information content (AvgIpc) is 1.91. The van der Waals surface area contributed by atoms with Crippen molar-refractivity contribution in [2.24, 2.45) is 0 Å². The SMILES string of the molecule is C=CCC1C=CC=CN1. The predicted octanol–water partition coefficient (Wildman–Crippen LogP) is 1.60. The molecule has 1 aliphatic heterocycles. The van der Waals surface area contributed by atoms with Crippen molar-refractivity contribution >= 4 is 0 Å². The second-order valence-corrected chi connectivity index (χ2v) is 2.04. The van der Waals surface area contributed by atoms with Gasteiger partial charge in [0, 0.05) is 6.04 Å². The van der Waals surface area contributed by atoms with Gasteiger partial charge in [-0.1, -0.05) is 18.2 Å². The molecule has 1 nitrogen and oxygen atoms in total. The number of allylic oxidation sites excluding steroid dienone is 2. The molecule has 1 unspecified atom stereocenters. The fourth-order valence-corrected chi connectivity index (χ4v) is 0.815. The standard InChI is InChI=1S/C8H11N/c1-2-5-8-6-3-4-7-9-8/h2-4,6-9H,1,5H2. The summed E-state index contributed by atoms with van der Waals surface area (Å²) in [6, 6.07) is 0.465. The Labute approximate surface area is 55.8 Å². The number of dihydropyridines is 1. The van der Waals surface area contributed by atoms with Crippen LogP contribution in [0.15, 0.2) is 37.1 Å². The summed E-state index contributed by atoms with van der Waals surface area (Å²) in [7, 11) is 0. The molecule has 0 bridgehead atoms. The monoisotopic (exact) mass is 121 g/mol. The van der Waals surface area contributed by atoms with Gasteiger partial charge in [0.05, 0.1) is 0 Å². The first-order valence-corrected chi connectivity index (χ1v) is 3.14. The molecule has 9 heavy (non-hydrogen) atoms. The molecule has 0 aromatic heterocycles. The molecule has 0 spiro atoms. The summed E-state index contributed by atoms with van der Waals surface area (Å²) in [6.45, 7) is 3.66. The zero-order chi connectivity index (χ0) is 6.53. The molecule has 1 N–H and O–H groups in total. The summed E-state index contributed by atoms with van der Waals surface area (Å²) in [5, 5.41) is 3.18. The third-order valence-corrected chi connectivity index (χ3v) is 1.28. The minimum absolute atomic E-state index is 0.465. The van der Waals surface area contributed by atoms with E-state index in [1.54, 1.807) is 0 Å². The number of hydrogen-bond donors (Lipinski definition) is 1. The number of nitrogens with one attached hydrogen (secondary N) is 1. The van der Waals surface area contributed by atoms with Gasteiger partial charge in [-0.2, -0.15) is 0 Å². The van der Waals surface area contributed by atoms with Crippen LogP contribution in [0.4, 0.5) is 0 Å². The lowest BCUT2D eigenvalue weighted by atomic mass is 10.1. The molecule has 1 aliphatic rings. The lowest BCUT2D eigenvalue weighted by Gasteiger charge is -2.12. The van der Waals surface area contributed by atoms with Crippen molar-refractivity contribution in [3.05, 3.63) is 37.1 Å². The Morgan fingerprint density at radius 2 is 2.44 bits per heavy atom. The van der Waals surface area contributed by atoms with Crippen molar-refractivity contribution in [2.75, 3.05) is 0 Å². The molecule has 48 valence electrons. The highest BCUT2D eigenvalue weighted by molar-refractivity contribution is 5.12. The predicted molar refractivity (Wildman–Crippen MR) is 40.0 cm³/mol. The third kappa shape index (κ3) is 1.76. The summed E-state index contributed by atoms with van der Waals surface area (Å²) >= 11 is 0. The van der Waals surface area contributed by atoms with E-state index in [-0.39, 0.29) is 0 Å². The fraction of sp³-hybridized carbons (Fsp3) is 0.250. The van der Waals surface area contributed by atoms with Gasteiger partial charge < -0.3 is 5.32 Å². The van der Waals surface area contributed by atoms with Crippen LogP contribution >= 0.6 is 0 Å². The van der Waals surface area contributed by atoms with Crippen molar-refractivity contribution < 1.29 is 0 Å². The Morgan fingerprint density at radius 3 is 3.00 bits per heavy atom. The lowest BCUT2D eigenvalue weighted by Crippen LogP contribution is -2.22. The van der Waals surface area contributed by atoms with Crippen LogP contribution in [-0.4, -0.2) is 6.04 Å². The molecule has 1 heteroatoms. The maximum atomic E-state index is 3.66. The molecule has 0 aliphatic carbocycles. The molecule has 0 radical (unpaired) electrons. The zero-order valence-corrected chi connectivity index (χ0v) is 5.38. The normalized spacial score (nSPS) is 23.3. The number of hydrogen-bond acceptors (Lipinski definition) is 1. The van der Waals surface area contributed by atoms with Gasteiger partial charge in [-0.25, -0.2) is 0 Å². The third-order valence-electron chi connectivity index (χ3n) is 1.28. The maximum absolute atomic E-state index is 3.66. The van der Waals surface area contributed by atoms with Crippen molar-refractivity contribution in [1.82, 2.24) is 5.32 Å². The van der Waals surface area contributed by atoms with Crippen LogP contribution in [0.1, 0.15) is 6.42 Å². The van der Waals surface area contributed by atoms with Crippen molar-refractivity contribution in [3.63, 3.8) is 0 Å². The number of rotatable bonds is 2. The highest BCUT2D eigenvalue weighted by Gasteiger charge is 1.98. The molecule has 0 aromatic carbocycles. The highest BCUT2D eigenvalue weighted by atomic mass is 14.9. The van der Waals surface area contributed by atoms with Gasteiger partial charge in [0.15, 0.2) is 0 Å². The second-order valence-electron chi connectivity index (χ2n) is 2.04. The van der Waals surface area contributed by atoms with E-state index in [2.05, 4.69) is 18.0 Å². The molecule has 0 amide bonds. The molecule has 1 rings (SSSR count). The second kappa shape index (κ2) is 3.13. The quantitative estimate of drug-likeness (QED) is 0.547. The van der Waals surface area contributed by atoms with E-state index in [9.17, 15) is 0 Å². The Bertz CT molecular complexity index is 143. The van der Waals surface area contributed by atoms with E-state index in [1.165, 1.54) is 0 Å². The van der Waals surface area contributed by atoms with E-state index < -0.39 is 0 Å². The van der Waals surface area contributed by atoms with Crippen LogP contribution in [0.2, 0.25) is 0 Å². The van der Waals surface area contributed by atoms with E-state index in [4.69, 9.17) is 0 Å². The largest absolute Gasteiger partial charge is 0.384 e. The van der Waals surface area contributed by atoms with Crippen LogP contribution in [0.5, 0.6) is 0 Å². The minimum atomic E-state index is 0.465. The molecule has 0 aromatic rings. The van der Waals surface area contributed by atoms with Crippen LogP contribution in [-0.2, 0) is 0 Å². The van der Waals surface area contributed by atoms with Gasteiger partial charge in [0.1, 0.15) is 0 Å². The highest BCUT2D eigenvalue weighted by Crippen LogP contribution is 1.98. The van der Waals surface area contributed by atoms with Gasteiger partial charge in [0.2, 0.25) is 0 Å². The van der Waals surface area contributed by atoms with Gasteiger partial charge in [-0.15, -0.1) is 6.58 Å². The van der Waals surface area contributed by atoms with Crippen LogP contribution < -0.4 is 5.32 Å². The van der Waals surface area contributed by atoms with E-state index in [0.29, 0.717) is 6.04 Å². The Balaban J connectivity index is 2.36. The van der Waals surface area contributed by atoms with Gasteiger partial charge in [-0.3, -0.25) is 0 Å². The molecule has 0 saturated carbocycles. The molecular weight excluding hydrogens is 110 g/mol. The molecule has 0 fully saturated rings. The molecule has 1 heterocycles. The van der Waals surface area contributed by atoms with Crippen LogP contribution in [0.25, 0.3) is 0 Å². The first-order chi connectivity index (χ1) is 4.43. The Kier molecular flexibility index (Phi) is 2.13. The van der Waals surface area contributed by atoms with Gasteiger partial charge >= 0.3 is 0 Å². The molecule has 1 atom stereocenters. The van der Waals surface area contributed by atoms with Crippen molar-refractivity contribution in [3.8, 4) is 0 Å². The van der Waals surface area contributed by atoms with Crippen LogP contribution in [0, 0.1) is 0 Å². The summed E-state index contributed by atoms with van der Waals surface area (Å²) in [5.41, 5.74) is 0. The lowest BCUT2D eigenvalue weighted by molar-refractivity contribution is 0.704. The first kappa shape index (κ1) is 6.14. The van der Waals surface area contributed by atoms with Crippen molar-refractivity contribution in [2.45, 2.75) is 12.5 Å². The topological polar surface area (TPSA) is 12.0 Å². The van der Waals surface area contributed by atoms with E-state index >= 15 is 0 Å². The minimum Gasteiger partial charge on any atom is -0.384 e. The smallest absolute Gasteiger partial charge is 0.0476 e. The maximum Gasteiger partial charge on any atom is 0.0476 e. The van der Waals surface area contributed by atoms with Crippen LogP contribution in [0.3, 0.4) is 0 Å². The molecule has 0 saturated heterocycles. The summed E-state index contributed by atoms with van der Waals surface area (Å²) in [6.07, 6.45) is 11.0. The van der Waals surface area contributed by atoms with Gasteiger partial charge in [-0.05, 0) is 18.7 Å². The summed E-state index contributed by atoms with van der Waals surface area (Å²) < 4.78 is 0. The first-order valence-electron chi connectivity index (χ1n) is 3.14. The summed E-state index contributed by atoms with van der Waals surface area (Å²) in [5.74, 6) is 0. The van der Waals surface area contributed by atoms with E-state index in [0.717, 1.165) is 6.42 Å². The zero-order valence-electron chi connectivity index (χ0n) is 5.38. The van der Waals surface area contributed by atoms with E-state index in [1.807, 2.05) is 24.4 Å². The molecular formula is C8H11N. The van der Waals surface area contributed by atoms with Crippen molar-refractivity contribution in [1.29, 1.82) is 0 Å². The fourth-order valence-electron chi connectivity index (χ4n) is 0.815. The summed E-state index contributed by atoms with van der Waals surface area (Å²) in [4.78, 5) is 0. The average molecular weight is 121 g/mol. The Morgan fingerprint density at radius 1 is 1.56 bits per heavy atom. The Hall–Kier alpha value is -0.980. The van der Waals surface area contributed by atoms with Gasteiger partial charge in [0.25, 0.3) is 0 Å².